The number of rotatable bonds is 6. The van der Waals surface area contributed by atoms with Crippen LogP contribution in [-0.2, 0) is 11.3 Å². The van der Waals surface area contributed by atoms with Gasteiger partial charge in [0.25, 0.3) is 0 Å². The van der Waals surface area contributed by atoms with Crippen molar-refractivity contribution >= 4 is 17.6 Å². The highest BCUT2D eigenvalue weighted by atomic mass is 16.5. The summed E-state index contributed by atoms with van der Waals surface area (Å²) in [6, 6.07) is 5.65. The highest BCUT2D eigenvalue weighted by molar-refractivity contribution is 5.95. The molecule has 2 aromatic rings. The second-order valence-corrected chi connectivity index (χ2v) is 8.03. The topological polar surface area (TPSA) is 102 Å². The van der Waals surface area contributed by atoms with Crippen molar-refractivity contribution in [1.29, 1.82) is 0 Å². The first-order valence-corrected chi connectivity index (χ1v) is 10.1. The average molecular weight is 415 g/mol. The normalized spacial score (nSPS) is 14.0. The quantitative estimate of drug-likeness (QED) is 0.494. The van der Waals surface area contributed by atoms with Crippen LogP contribution in [0.5, 0.6) is 11.5 Å². The third-order valence-corrected chi connectivity index (χ3v) is 4.13. The zero-order valence-corrected chi connectivity index (χ0v) is 17.8. The number of hydrogen-bond donors (Lipinski definition) is 3. The van der Waals surface area contributed by atoms with E-state index in [1.807, 2.05) is 49.7 Å². The molecule has 0 radical (unpaired) electrons. The second-order valence-electron chi connectivity index (χ2n) is 8.03. The van der Waals surface area contributed by atoms with E-state index >= 15 is 0 Å². The maximum atomic E-state index is 12.2. The molecule has 0 aliphatic carbocycles. The van der Waals surface area contributed by atoms with Gasteiger partial charge in [0, 0.05) is 49.2 Å². The molecule has 2 heterocycles. The Balaban J connectivity index is 1.67. The highest BCUT2D eigenvalue weighted by Gasteiger charge is 2.14. The van der Waals surface area contributed by atoms with Crippen LogP contribution in [0.15, 0.2) is 41.9 Å². The summed E-state index contributed by atoms with van der Waals surface area (Å²) in [5, 5.41) is 9.42. The number of guanidine groups is 1. The predicted octanol–water partition coefficient (Wildman–Crippen LogP) is 2.02. The van der Waals surface area contributed by atoms with E-state index in [9.17, 15) is 4.79 Å². The minimum absolute atomic E-state index is 0.0161. The van der Waals surface area contributed by atoms with Crippen LogP contribution in [0.4, 0.5) is 5.69 Å². The van der Waals surface area contributed by atoms with Crippen LogP contribution >= 0.6 is 0 Å². The SMILES string of the molecule is CC(C)(C)NC(=O)CN=C(NCCn1ccnc1)Nc1ccc2c(c1)OCCCO2. The molecule has 30 heavy (non-hydrogen) atoms. The minimum atomic E-state index is -0.302. The van der Waals surface area contributed by atoms with E-state index in [2.05, 4.69) is 25.9 Å². The molecule has 0 atom stereocenters. The number of aliphatic imine (C=N–C) groups is 1. The number of benzene rings is 1. The van der Waals surface area contributed by atoms with Crippen molar-refractivity contribution in [3.05, 3.63) is 36.9 Å². The van der Waals surface area contributed by atoms with E-state index in [1.54, 1.807) is 12.5 Å². The molecule has 0 saturated heterocycles. The number of hydrogen-bond acceptors (Lipinski definition) is 5. The van der Waals surface area contributed by atoms with Crippen LogP contribution in [0.3, 0.4) is 0 Å². The predicted molar refractivity (Wildman–Crippen MR) is 116 cm³/mol. The maximum absolute atomic E-state index is 12.2. The van der Waals surface area contributed by atoms with E-state index in [0.717, 1.165) is 24.4 Å². The number of anilines is 1. The maximum Gasteiger partial charge on any atom is 0.242 e. The number of ether oxygens (including phenoxy) is 2. The Kier molecular flexibility index (Phi) is 7.16. The van der Waals surface area contributed by atoms with Gasteiger partial charge in [0.05, 0.1) is 19.5 Å². The number of carbonyl (C=O) groups excluding carboxylic acids is 1. The van der Waals surface area contributed by atoms with Crippen molar-refractivity contribution in [2.24, 2.45) is 4.99 Å². The first-order chi connectivity index (χ1) is 14.4. The van der Waals surface area contributed by atoms with E-state index in [4.69, 9.17) is 9.47 Å². The Morgan fingerprint density at radius 2 is 2.03 bits per heavy atom. The van der Waals surface area contributed by atoms with E-state index in [-0.39, 0.29) is 18.0 Å². The fourth-order valence-electron chi connectivity index (χ4n) is 2.85. The van der Waals surface area contributed by atoms with Gasteiger partial charge in [-0.1, -0.05) is 0 Å². The molecular weight excluding hydrogens is 384 g/mol. The zero-order chi connectivity index (χ0) is 21.4. The van der Waals surface area contributed by atoms with Gasteiger partial charge in [0.1, 0.15) is 6.54 Å². The lowest BCUT2D eigenvalue weighted by atomic mass is 10.1. The summed E-state index contributed by atoms with van der Waals surface area (Å²) >= 11 is 0. The third-order valence-electron chi connectivity index (χ3n) is 4.13. The molecule has 0 bridgehead atoms. The van der Waals surface area contributed by atoms with Crippen molar-refractivity contribution in [2.75, 3.05) is 31.6 Å². The number of nitrogens with one attached hydrogen (secondary N) is 3. The lowest BCUT2D eigenvalue weighted by Crippen LogP contribution is -2.42. The van der Waals surface area contributed by atoms with E-state index < -0.39 is 0 Å². The summed E-state index contributed by atoms with van der Waals surface area (Å²) < 4.78 is 13.4. The van der Waals surface area contributed by atoms with Crippen molar-refractivity contribution in [1.82, 2.24) is 20.2 Å². The summed E-state index contributed by atoms with van der Waals surface area (Å²) in [7, 11) is 0. The number of imidazole rings is 1. The molecule has 3 N–H and O–H groups in total. The molecule has 1 aliphatic heterocycles. The minimum Gasteiger partial charge on any atom is -0.490 e. The summed E-state index contributed by atoms with van der Waals surface area (Å²) in [5.41, 5.74) is 0.494. The number of carbonyl (C=O) groups is 1. The Labute approximate surface area is 176 Å². The fourth-order valence-corrected chi connectivity index (χ4v) is 2.85. The molecule has 0 spiro atoms. The highest BCUT2D eigenvalue weighted by Crippen LogP contribution is 2.32. The molecule has 9 heteroatoms. The van der Waals surface area contributed by atoms with Crippen LogP contribution in [0.25, 0.3) is 0 Å². The first-order valence-electron chi connectivity index (χ1n) is 10.1. The molecule has 9 nitrogen and oxygen atoms in total. The van der Waals surface area contributed by atoms with Crippen LogP contribution < -0.4 is 25.4 Å². The smallest absolute Gasteiger partial charge is 0.242 e. The van der Waals surface area contributed by atoms with Crippen molar-refractivity contribution in [2.45, 2.75) is 39.3 Å². The number of nitrogens with zero attached hydrogens (tertiary/aromatic N) is 3. The largest absolute Gasteiger partial charge is 0.490 e. The van der Waals surface area contributed by atoms with Crippen LogP contribution in [-0.4, -0.2) is 53.3 Å². The molecule has 3 rings (SSSR count). The zero-order valence-electron chi connectivity index (χ0n) is 17.8. The molecular formula is C21H30N6O3. The van der Waals surface area contributed by atoms with Gasteiger partial charge in [-0.3, -0.25) is 4.79 Å². The number of aromatic nitrogens is 2. The number of fused-ring (bicyclic) bond motifs is 1. The lowest BCUT2D eigenvalue weighted by Gasteiger charge is -2.20. The van der Waals surface area contributed by atoms with Gasteiger partial charge in [0.15, 0.2) is 17.5 Å². The summed E-state index contributed by atoms with van der Waals surface area (Å²) in [5.74, 6) is 1.79. The summed E-state index contributed by atoms with van der Waals surface area (Å²) in [6.45, 7) is 8.43. The van der Waals surface area contributed by atoms with Crippen molar-refractivity contribution in [3.63, 3.8) is 0 Å². The lowest BCUT2D eigenvalue weighted by molar-refractivity contribution is -0.121. The van der Waals surface area contributed by atoms with Gasteiger partial charge in [-0.15, -0.1) is 0 Å². The van der Waals surface area contributed by atoms with Crippen LogP contribution in [0.1, 0.15) is 27.2 Å². The molecule has 1 aromatic heterocycles. The fraction of sp³-hybridized carbons (Fsp3) is 0.476. The molecule has 1 aromatic carbocycles. The van der Waals surface area contributed by atoms with Crippen molar-refractivity contribution in [3.8, 4) is 11.5 Å². The third kappa shape index (κ3) is 6.98. The Hall–Kier alpha value is -3.23. The second kappa shape index (κ2) is 10.00. The van der Waals surface area contributed by atoms with Gasteiger partial charge < -0.3 is 30.0 Å². The molecule has 0 saturated carbocycles. The molecule has 162 valence electrons. The molecule has 1 aliphatic rings. The van der Waals surface area contributed by atoms with Gasteiger partial charge in [0.2, 0.25) is 5.91 Å². The standard InChI is InChI=1S/C21H30N6O3/c1-21(2,3)26-19(28)14-24-20(23-8-10-27-9-7-22-15-27)25-16-5-6-17-18(13-16)30-12-4-11-29-17/h5-7,9,13,15H,4,8,10-12,14H2,1-3H3,(H,26,28)(H2,23,24,25). The molecule has 1 amide bonds. The Morgan fingerprint density at radius 3 is 2.77 bits per heavy atom. The van der Waals surface area contributed by atoms with Crippen molar-refractivity contribution < 1.29 is 14.3 Å². The average Bonchev–Trinajstić information content (AvgIpc) is 3.08. The van der Waals surface area contributed by atoms with E-state index in [0.29, 0.717) is 31.5 Å². The Morgan fingerprint density at radius 1 is 1.23 bits per heavy atom. The van der Waals surface area contributed by atoms with Crippen LogP contribution in [0, 0.1) is 0 Å². The Bertz CT molecular complexity index is 858. The number of amides is 1. The molecule has 0 unspecified atom stereocenters. The monoisotopic (exact) mass is 414 g/mol. The van der Waals surface area contributed by atoms with E-state index in [1.165, 1.54) is 0 Å². The first kappa shape index (κ1) is 21.5. The van der Waals surface area contributed by atoms with Gasteiger partial charge in [-0.2, -0.15) is 0 Å². The summed E-state index contributed by atoms with van der Waals surface area (Å²) in [6.07, 6.45) is 6.24. The van der Waals surface area contributed by atoms with Gasteiger partial charge >= 0.3 is 0 Å². The van der Waals surface area contributed by atoms with Gasteiger partial charge in [-0.05, 0) is 32.9 Å². The molecule has 0 fully saturated rings. The van der Waals surface area contributed by atoms with Crippen LogP contribution in [0.2, 0.25) is 0 Å². The summed E-state index contributed by atoms with van der Waals surface area (Å²) in [4.78, 5) is 20.7. The van der Waals surface area contributed by atoms with Gasteiger partial charge in [-0.25, -0.2) is 9.98 Å².